The molecule has 0 unspecified atom stereocenters. The van der Waals surface area contributed by atoms with E-state index in [4.69, 9.17) is 34.8 Å². The predicted molar refractivity (Wildman–Crippen MR) is 103 cm³/mol. The Labute approximate surface area is 159 Å². The van der Waals surface area contributed by atoms with Crippen molar-refractivity contribution in [2.75, 3.05) is 10.6 Å². The van der Waals surface area contributed by atoms with Crippen LogP contribution in [0.25, 0.3) is 0 Å². The smallest absolute Gasteiger partial charge is 0.257 e. The first-order valence-electron chi connectivity index (χ1n) is 7.26. The standard InChI is InChI=1S/C18H12Cl3N3O/c19-11-7-12(20)9-14(8-11)23-17-6-5-13(10-22-17)24-18(25)15-3-1-2-4-16(15)21/h1-10H,(H,22,23)(H,24,25). The van der Waals surface area contributed by atoms with Gasteiger partial charge in [0.15, 0.2) is 0 Å². The van der Waals surface area contributed by atoms with E-state index in [9.17, 15) is 4.79 Å². The molecule has 0 saturated carbocycles. The number of anilines is 3. The number of hydrogen-bond donors (Lipinski definition) is 2. The van der Waals surface area contributed by atoms with Crippen LogP contribution in [0.3, 0.4) is 0 Å². The molecule has 4 nitrogen and oxygen atoms in total. The van der Waals surface area contributed by atoms with Gasteiger partial charge in [0.1, 0.15) is 5.82 Å². The van der Waals surface area contributed by atoms with Gasteiger partial charge >= 0.3 is 0 Å². The fourth-order valence-corrected chi connectivity index (χ4v) is 2.91. The summed E-state index contributed by atoms with van der Waals surface area (Å²) >= 11 is 18.0. The highest BCUT2D eigenvalue weighted by Gasteiger charge is 2.10. The Bertz CT molecular complexity index is 893. The van der Waals surface area contributed by atoms with Crippen LogP contribution in [0.4, 0.5) is 17.2 Å². The summed E-state index contributed by atoms with van der Waals surface area (Å²) in [5, 5.41) is 7.29. The van der Waals surface area contributed by atoms with Crippen molar-refractivity contribution in [3.05, 3.63) is 81.4 Å². The molecule has 126 valence electrons. The summed E-state index contributed by atoms with van der Waals surface area (Å²) in [6.45, 7) is 0. The van der Waals surface area contributed by atoms with Crippen LogP contribution >= 0.6 is 34.8 Å². The minimum absolute atomic E-state index is 0.297. The molecule has 0 spiro atoms. The van der Waals surface area contributed by atoms with Gasteiger partial charge in [-0.2, -0.15) is 0 Å². The Morgan fingerprint density at radius 1 is 0.880 bits per heavy atom. The second-order valence-electron chi connectivity index (χ2n) is 5.15. The van der Waals surface area contributed by atoms with E-state index in [-0.39, 0.29) is 5.91 Å². The quantitative estimate of drug-likeness (QED) is 0.569. The van der Waals surface area contributed by atoms with Crippen molar-refractivity contribution in [1.82, 2.24) is 4.98 Å². The van der Waals surface area contributed by atoms with E-state index in [1.807, 2.05) is 0 Å². The van der Waals surface area contributed by atoms with Crippen molar-refractivity contribution < 1.29 is 4.79 Å². The Morgan fingerprint density at radius 3 is 2.24 bits per heavy atom. The van der Waals surface area contributed by atoms with Crippen LogP contribution in [-0.4, -0.2) is 10.9 Å². The van der Waals surface area contributed by atoms with Gasteiger partial charge in [0.2, 0.25) is 0 Å². The van der Waals surface area contributed by atoms with Crippen LogP contribution in [0.15, 0.2) is 60.8 Å². The molecule has 1 heterocycles. The van der Waals surface area contributed by atoms with Crippen molar-refractivity contribution in [3.63, 3.8) is 0 Å². The van der Waals surface area contributed by atoms with Crippen molar-refractivity contribution >= 4 is 57.9 Å². The molecule has 2 aromatic carbocycles. The third kappa shape index (κ3) is 4.63. The minimum atomic E-state index is -0.297. The average molecular weight is 393 g/mol. The molecule has 7 heteroatoms. The summed E-state index contributed by atoms with van der Waals surface area (Å²) in [6, 6.07) is 15.4. The average Bonchev–Trinajstić information content (AvgIpc) is 2.56. The van der Waals surface area contributed by atoms with E-state index < -0.39 is 0 Å². The molecular weight excluding hydrogens is 381 g/mol. The molecule has 0 radical (unpaired) electrons. The number of carbonyl (C=O) groups excluding carboxylic acids is 1. The lowest BCUT2D eigenvalue weighted by Gasteiger charge is -2.09. The number of halogens is 3. The molecule has 3 aromatic rings. The zero-order chi connectivity index (χ0) is 17.8. The first kappa shape index (κ1) is 17.5. The Hall–Kier alpha value is -2.27. The van der Waals surface area contributed by atoms with E-state index in [2.05, 4.69) is 15.6 Å². The van der Waals surface area contributed by atoms with E-state index in [1.165, 1.54) is 0 Å². The predicted octanol–water partition coefficient (Wildman–Crippen LogP) is 6.04. The van der Waals surface area contributed by atoms with Gasteiger partial charge in [0.05, 0.1) is 22.5 Å². The lowest BCUT2D eigenvalue weighted by atomic mass is 10.2. The molecule has 0 aliphatic heterocycles. The second kappa shape index (κ2) is 7.74. The van der Waals surface area contributed by atoms with Gasteiger partial charge in [-0.15, -0.1) is 0 Å². The van der Waals surface area contributed by atoms with E-state index in [0.717, 1.165) is 5.69 Å². The summed E-state index contributed by atoms with van der Waals surface area (Å²) in [5.74, 6) is 0.295. The van der Waals surface area contributed by atoms with Gasteiger partial charge in [-0.1, -0.05) is 46.9 Å². The van der Waals surface area contributed by atoms with Crippen molar-refractivity contribution in [2.45, 2.75) is 0 Å². The normalized spacial score (nSPS) is 10.4. The van der Waals surface area contributed by atoms with Crippen LogP contribution < -0.4 is 10.6 Å². The lowest BCUT2D eigenvalue weighted by Crippen LogP contribution is -2.12. The number of benzene rings is 2. The molecule has 0 aliphatic carbocycles. The maximum Gasteiger partial charge on any atom is 0.257 e. The first-order valence-corrected chi connectivity index (χ1v) is 8.40. The van der Waals surface area contributed by atoms with E-state index >= 15 is 0 Å². The van der Waals surface area contributed by atoms with Gasteiger partial charge in [-0.05, 0) is 42.5 Å². The molecule has 1 amide bonds. The second-order valence-corrected chi connectivity index (χ2v) is 6.43. The third-order valence-corrected chi connectivity index (χ3v) is 4.04. The fourth-order valence-electron chi connectivity index (χ4n) is 2.16. The summed E-state index contributed by atoms with van der Waals surface area (Å²) in [7, 11) is 0. The topological polar surface area (TPSA) is 54.0 Å². The fraction of sp³-hybridized carbons (Fsp3) is 0. The maximum absolute atomic E-state index is 12.2. The van der Waals surface area contributed by atoms with Gasteiger partial charge < -0.3 is 10.6 Å². The molecule has 1 aromatic heterocycles. The largest absolute Gasteiger partial charge is 0.340 e. The van der Waals surface area contributed by atoms with Gasteiger partial charge in [-0.25, -0.2) is 4.98 Å². The Morgan fingerprint density at radius 2 is 1.60 bits per heavy atom. The Balaban J connectivity index is 1.70. The molecule has 25 heavy (non-hydrogen) atoms. The zero-order valence-corrected chi connectivity index (χ0v) is 15.0. The number of amides is 1. The molecule has 0 saturated heterocycles. The highest BCUT2D eigenvalue weighted by Crippen LogP contribution is 2.25. The number of pyridine rings is 1. The molecule has 0 aliphatic rings. The summed E-state index contributed by atoms with van der Waals surface area (Å²) < 4.78 is 0. The number of aromatic nitrogens is 1. The third-order valence-electron chi connectivity index (χ3n) is 3.27. The highest BCUT2D eigenvalue weighted by atomic mass is 35.5. The summed E-state index contributed by atoms with van der Waals surface area (Å²) in [6.07, 6.45) is 1.54. The zero-order valence-electron chi connectivity index (χ0n) is 12.8. The number of hydrogen-bond acceptors (Lipinski definition) is 3. The molecule has 3 rings (SSSR count). The van der Waals surface area contributed by atoms with Gasteiger partial charge in [0, 0.05) is 15.7 Å². The number of nitrogens with zero attached hydrogens (tertiary/aromatic N) is 1. The monoisotopic (exact) mass is 391 g/mol. The van der Waals surface area contributed by atoms with Gasteiger partial charge in [0.25, 0.3) is 5.91 Å². The first-order chi connectivity index (χ1) is 12.0. The summed E-state index contributed by atoms with van der Waals surface area (Å²) in [4.78, 5) is 16.5. The molecular formula is C18H12Cl3N3O. The maximum atomic E-state index is 12.2. The summed E-state index contributed by atoms with van der Waals surface area (Å²) in [5.41, 5.74) is 1.68. The number of rotatable bonds is 4. The molecule has 0 bridgehead atoms. The Kier molecular flexibility index (Phi) is 5.43. The highest BCUT2D eigenvalue weighted by molar-refractivity contribution is 6.35. The van der Waals surface area contributed by atoms with Crippen LogP contribution in [0.5, 0.6) is 0 Å². The molecule has 2 N–H and O–H groups in total. The van der Waals surface area contributed by atoms with Crippen LogP contribution in [-0.2, 0) is 0 Å². The lowest BCUT2D eigenvalue weighted by molar-refractivity contribution is 0.102. The molecule has 0 fully saturated rings. The SMILES string of the molecule is O=C(Nc1ccc(Nc2cc(Cl)cc(Cl)c2)nc1)c1ccccc1Cl. The molecule has 0 atom stereocenters. The van der Waals surface area contributed by atoms with E-state index in [1.54, 1.807) is 60.8 Å². The van der Waals surface area contributed by atoms with Crippen molar-refractivity contribution in [1.29, 1.82) is 0 Å². The van der Waals surface area contributed by atoms with E-state index in [0.29, 0.717) is 32.1 Å². The number of carbonyl (C=O) groups is 1. The minimum Gasteiger partial charge on any atom is -0.340 e. The van der Waals surface area contributed by atoms with Crippen LogP contribution in [0.1, 0.15) is 10.4 Å². The van der Waals surface area contributed by atoms with Crippen molar-refractivity contribution in [2.24, 2.45) is 0 Å². The number of nitrogens with one attached hydrogen (secondary N) is 2. The van der Waals surface area contributed by atoms with Crippen LogP contribution in [0, 0.1) is 0 Å². The van der Waals surface area contributed by atoms with Crippen LogP contribution in [0.2, 0.25) is 15.1 Å². The van der Waals surface area contributed by atoms with Crippen molar-refractivity contribution in [3.8, 4) is 0 Å². The van der Waals surface area contributed by atoms with Gasteiger partial charge in [-0.3, -0.25) is 4.79 Å².